The van der Waals surface area contributed by atoms with Gasteiger partial charge in [0.25, 0.3) is 5.69 Å². The number of hydrogen-bond donors (Lipinski definition) is 0. The van der Waals surface area contributed by atoms with Crippen LogP contribution in [0.25, 0.3) is 0 Å². The summed E-state index contributed by atoms with van der Waals surface area (Å²) in [4.78, 5) is 25.7. The van der Waals surface area contributed by atoms with Crippen molar-refractivity contribution in [1.29, 1.82) is 0 Å². The van der Waals surface area contributed by atoms with Gasteiger partial charge in [-0.1, -0.05) is 17.7 Å². The zero-order valence-corrected chi connectivity index (χ0v) is 11.9. The fourth-order valence-corrected chi connectivity index (χ4v) is 2.30. The normalized spacial score (nSPS) is 16.2. The molecule has 6 nitrogen and oxygen atoms in total. The first-order valence-corrected chi connectivity index (χ1v) is 6.71. The molecule has 2 aromatic carbocycles. The predicted molar refractivity (Wildman–Crippen MR) is 80.6 cm³/mol. The number of nitro benzene ring substituents is 1. The number of nitro groups is 1. The van der Waals surface area contributed by atoms with Gasteiger partial charge in [0.15, 0.2) is 12.4 Å². The summed E-state index contributed by atoms with van der Waals surface area (Å²) in [5.41, 5.74) is 1.69. The highest BCUT2D eigenvalue weighted by Gasteiger charge is 2.24. The first-order valence-electron chi connectivity index (χ1n) is 6.33. The van der Waals surface area contributed by atoms with Crippen molar-refractivity contribution in [1.82, 2.24) is 0 Å². The maximum Gasteiger partial charge on any atom is 0.269 e. The van der Waals surface area contributed by atoms with Crippen molar-refractivity contribution in [2.75, 3.05) is 0 Å². The molecule has 3 rings (SSSR count). The minimum absolute atomic E-state index is 0.0319. The van der Waals surface area contributed by atoms with Crippen LogP contribution in [0.3, 0.4) is 0 Å². The number of benzene rings is 2. The number of ether oxygens (including phenoxy) is 1. The Morgan fingerprint density at radius 3 is 2.59 bits per heavy atom. The van der Waals surface area contributed by atoms with E-state index in [0.29, 0.717) is 28.1 Å². The molecule has 110 valence electrons. The molecule has 0 bridgehead atoms. The Bertz CT molecular complexity index is 787. The summed E-state index contributed by atoms with van der Waals surface area (Å²) in [5.74, 6) is 0.224. The molecule has 1 unspecified atom stereocenters. The fourth-order valence-electron chi connectivity index (χ4n) is 2.13. The summed E-state index contributed by atoms with van der Waals surface area (Å²) in [6, 6.07) is 10.7. The second-order valence-electron chi connectivity index (χ2n) is 4.60. The number of carbonyl (C=O) groups excluding carboxylic acids is 1. The van der Waals surface area contributed by atoms with Crippen molar-refractivity contribution >= 4 is 35.2 Å². The van der Waals surface area contributed by atoms with E-state index in [9.17, 15) is 14.9 Å². The average molecular weight is 317 g/mol. The Labute approximate surface area is 130 Å². The molecular formula is C15H9ClN2O4. The van der Waals surface area contributed by atoms with Crippen molar-refractivity contribution < 1.29 is 14.5 Å². The first kappa shape index (κ1) is 14.2. The summed E-state index contributed by atoms with van der Waals surface area (Å²) < 4.78 is 5.56. The van der Waals surface area contributed by atoms with Crippen LogP contribution in [-0.2, 0) is 9.53 Å². The molecule has 0 fully saturated rings. The lowest BCUT2D eigenvalue weighted by molar-refractivity contribution is -0.384. The number of non-ortho nitro benzene ring substituents is 1. The zero-order valence-electron chi connectivity index (χ0n) is 11.1. The van der Waals surface area contributed by atoms with E-state index < -0.39 is 11.0 Å². The Hall–Kier alpha value is -2.73. The van der Waals surface area contributed by atoms with Gasteiger partial charge >= 0.3 is 0 Å². The standard InChI is InChI=1S/C15H9ClN2O4/c16-10-3-6-12-13(7-10)17-15(22-14(12)8-19)9-1-4-11(5-2-9)18(20)21/h1-8,14H. The number of rotatable bonds is 3. The number of aliphatic imine (C=N–C) groups is 1. The molecule has 0 aliphatic carbocycles. The van der Waals surface area contributed by atoms with Gasteiger partial charge in [0.05, 0.1) is 10.6 Å². The van der Waals surface area contributed by atoms with Crippen molar-refractivity contribution in [2.45, 2.75) is 6.10 Å². The van der Waals surface area contributed by atoms with Crippen LogP contribution in [-0.4, -0.2) is 17.1 Å². The van der Waals surface area contributed by atoms with Gasteiger partial charge in [-0.3, -0.25) is 14.9 Å². The lowest BCUT2D eigenvalue weighted by Crippen LogP contribution is -2.17. The first-order chi connectivity index (χ1) is 10.6. The smallest absolute Gasteiger partial charge is 0.269 e. The molecule has 1 aliphatic heterocycles. The Balaban J connectivity index is 2.04. The van der Waals surface area contributed by atoms with Crippen LogP contribution < -0.4 is 0 Å². The highest BCUT2D eigenvalue weighted by Crippen LogP contribution is 2.35. The molecule has 0 radical (unpaired) electrons. The number of nitrogens with zero attached hydrogens (tertiary/aromatic N) is 2. The van der Waals surface area contributed by atoms with E-state index in [1.54, 1.807) is 18.2 Å². The van der Waals surface area contributed by atoms with Crippen LogP contribution in [0.15, 0.2) is 47.5 Å². The quantitative estimate of drug-likeness (QED) is 0.492. The van der Waals surface area contributed by atoms with Crippen LogP contribution >= 0.6 is 11.6 Å². The molecule has 7 heteroatoms. The number of aldehydes is 1. The highest BCUT2D eigenvalue weighted by atomic mass is 35.5. The van der Waals surface area contributed by atoms with E-state index in [4.69, 9.17) is 16.3 Å². The molecule has 22 heavy (non-hydrogen) atoms. The van der Waals surface area contributed by atoms with E-state index in [0.717, 1.165) is 0 Å². The van der Waals surface area contributed by atoms with E-state index >= 15 is 0 Å². The highest BCUT2D eigenvalue weighted by molar-refractivity contribution is 6.30. The topological polar surface area (TPSA) is 81.8 Å². The van der Waals surface area contributed by atoms with Gasteiger partial charge in [-0.15, -0.1) is 0 Å². The zero-order chi connectivity index (χ0) is 15.7. The molecule has 0 saturated carbocycles. The monoisotopic (exact) mass is 316 g/mol. The van der Waals surface area contributed by atoms with Gasteiger partial charge in [-0.25, -0.2) is 4.99 Å². The van der Waals surface area contributed by atoms with E-state index in [-0.39, 0.29) is 11.6 Å². The lowest BCUT2D eigenvalue weighted by Gasteiger charge is -2.22. The molecule has 1 aliphatic rings. The Morgan fingerprint density at radius 1 is 1.23 bits per heavy atom. The van der Waals surface area contributed by atoms with E-state index in [2.05, 4.69) is 4.99 Å². The molecule has 0 aromatic heterocycles. The predicted octanol–water partition coefficient (Wildman–Crippen LogP) is 3.60. The molecular weight excluding hydrogens is 308 g/mol. The average Bonchev–Trinajstić information content (AvgIpc) is 2.53. The number of carbonyl (C=O) groups is 1. The second kappa shape index (κ2) is 5.57. The van der Waals surface area contributed by atoms with Crippen LogP contribution in [0.4, 0.5) is 11.4 Å². The van der Waals surface area contributed by atoms with Gasteiger partial charge in [0.2, 0.25) is 5.90 Å². The molecule has 0 saturated heterocycles. The summed E-state index contributed by atoms with van der Waals surface area (Å²) in [7, 11) is 0. The minimum Gasteiger partial charge on any atom is -0.461 e. The van der Waals surface area contributed by atoms with Crippen LogP contribution in [0.1, 0.15) is 17.2 Å². The van der Waals surface area contributed by atoms with Gasteiger partial charge in [-0.2, -0.15) is 0 Å². The third-order valence-electron chi connectivity index (χ3n) is 3.21. The van der Waals surface area contributed by atoms with Gasteiger partial charge in [0, 0.05) is 28.3 Å². The minimum atomic E-state index is -0.782. The maximum atomic E-state index is 11.2. The van der Waals surface area contributed by atoms with Gasteiger partial charge < -0.3 is 4.74 Å². The summed E-state index contributed by atoms with van der Waals surface area (Å²) in [6.07, 6.45) is -0.109. The molecule has 1 heterocycles. The molecule has 1 atom stereocenters. The Morgan fingerprint density at radius 2 is 1.95 bits per heavy atom. The van der Waals surface area contributed by atoms with Crippen molar-refractivity contribution in [2.24, 2.45) is 4.99 Å². The van der Waals surface area contributed by atoms with E-state index in [1.165, 1.54) is 24.3 Å². The molecule has 0 N–H and O–H groups in total. The molecule has 2 aromatic rings. The SMILES string of the molecule is O=CC1OC(c2ccc([N+](=O)[O-])cc2)=Nc2cc(Cl)ccc21. The third-order valence-corrected chi connectivity index (χ3v) is 3.44. The molecule has 0 spiro atoms. The van der Waals surface area contributed by atoms with Crippen molar-refractivity contribution in [3.63, 3.8) is 0 Å². The number of hydrogen-bond acceptors (Lipinski definition) is 5. The summed E-state index contributed by atoms with van der Waals surface area (Å²) >= 11 is 5.94. The maximum absolute atomic E-state index is 11.2. The summed E-state index contributed by atoms with van der Waals surface area (Å²) in [5, 5.41) is 11.2. The van der Waals surface area contributed by atoms with Crippen LogP contribution in [0, 0.1) is 10.1 Å². The lowest BCUT2D eigenvalue weighted by atomic mass is 10.1. The van der Waals surface area contributed by atoms with Crippen molar-refractivity contribution in [3.05, 3.63) is 68.7 Å². The number of halogens is 1. The van der Waals surface area contributed by atoms with Gasteiger partial charge in [-0.05, 0) is 24.3 Å². The third kappa shape index (κ3) is 2.56. The second-order valence-corrected chi connectivity index (χ2v) is 5.04. The van der Waals surface area contributed by atoms with Crippen molar-refractivity contribution in [3.8, 4) is 0 Å². The van der Waals surface area contributed by atoms with Gasteiger partial charge in [0.1, 0.15) is 0 Å². The molecule has 0 amide bonds. The largest absolute Gasteiger partial charge is 0.461 e. The Kier molecular flexibility index (Phi) is 3.60. The number of fused-ring (bicyclic) bond motifs is 1. The summed E-state index contributed by atoms with van der Waals surface area (Å²) in [6.45, 7) is 0. The van der Waals surface area contributed by atoms with Crippen LogP contribution in [0.2, 0.25) is 5.02 Å². The van der Waals surface area contributed by atoms with E-state index in [1.807, 2.05) is 0 Å². The van der Waals surface area contributed by atoms with Crippen LogP contribution in [0.5, 0.6) is 0 Å². The fraction of sp³-hybridized carbons (Fsp3) is 0.0667.